The van der Waals surface area contributed by atoms with E-state index in [1.54, 1.807) is 6.07 Å². The summed E-state index contributed by atoms with van der Waals surface area (Å²) in [5.41, 5.74) is 1.35. The number of carbonyl (C=O) groups is 1. The Kier molecular flexibility index (Phi) is 2.76. The van der Waals surface area contributed by atoms with E-state index in [1.807, 2.05) is 0 Å². The lowest BCUT2D eigenvalue weighted by Gasteiger charge is -2.19. The minimum atomic E-state index is -0.136. The van der Waals surface area contributed by atoms with Gasteiger partial charge in [-0.25, -0.2) is 0 Å². The Morgan fingerprint density at radius 3 is 2.87 bits per heavy atom. The molecule has 15 heavy (non-hydrogen) atoms. The molecular formula is C10H9Cl2NO2. The molecule has 3 nitrogen and oxygen atoms in total. The summed E-state index contributed by atoms with van der Waals surface area (Å²) >= 11 is 12.1. The maximum absolute atomic E-state index is 11.5. The zero-order valence-electron chi connectivity index (χ0n) is 8.06. The van der Waals surface area contributed by atoms with E-state index in [0.717, 1.165) is 5.56 Å². The Bertz CT molecular complexity index is 432. The van der Waals surface area contributed by atoms with Crippen LogP contribution >= 0.6 is 23.2 Å². The molecule has 1 aromatic carbocycles. The molecule has 0 saturated carbocycles. The number of methoxy groups -OCH3 is 1. The van der Waals surface area contributed by atoms with Crippen molar-refractivity contribution in [1.82, 2.24) is 5.32 Å². The van der Waals surface area contributed by atoms with Crippen molar-refractivity contribution in [2.45, 2.75) is 6.42 Å². The van der Waals surface area contributed by atoms with Crippen molar-refractivity contribution in [3.63, 3.8) is 0 Å². The second-order valence-electron chi connectivity index (χ2n) is 3.24. The van der Waals surface area contributed by atoms with Crippen LogP contribution in [0.1, 0.15) is 15.9 Å². The summed E-state index contributed by atoms with van der Waals surface area (Å²) in [5.74, 6) is 0.300. The number of hydrogen-bond donors (Lipinski definition) is 1. The third-order valence-corrected chi connectivity index (χ3v) is 3.07. The highest BCUT2D eigenvalue weighted by Crippen LogP contribution is 2.38. The molecular weight excluding hydrogens is 237 g/mol. The molecule has 1 N–H and O–H groups in total. The van der Waals surface area contributed by atoms with E-state index in [0.29, 0.717) is 34.3 Å². The van der Waals surface area contributed by atoms with Crippen LogP contribution in [0.3, 0.4) is 0 Å². The number of ether oxygens (including phenoxy) is 1. The number of nitrogens with one attached hydrogen (secondary N) is 1. The van der Waals surface area contributed by atoms with Gasteiger partial charge >= 0.3 is 0 Å². The first kappa shape index (κ1) is 10.6. The predicted molar refractivity (Wildman–Crippen MR) is 59.1 cm³/mol. The average Bonchev–Trinajstić information content (AvgIpc) is 2.20. The van der Waals surface area contributed by atoms with Crippen molar-refractivity contribution in [2.24, 2.45) is 0 Å². The number of amides is 1. The van der Waals surface area contributed by atoms with E-state index in [2.05, 4.69) is 5.32 Å². The molecule has 0 bridgehead atoms. The second kappa shape index (κ2) is 3.91. The lowest BCUT2D eigenvalue weighted by atomic mass is 10.00. The van der Waals surface area contributed by atoms with Crippen LogP contribution in [0.25, 0.3) is 0 Å². The number of hydrogen-bond acceptors (Lipinski definition) is 2. The topological polar surface area (TPSA) is 38.3 Å². The Morgan fingerprint density at radius 1 is 1.47 bits per heavy atom. The molecule has 0 atom stereocenters. The van der Waals surface area contributed by atoms with Crippen LogP contribution in [-0.2, 0) is 6.42 Å². The minimum Gasteiger partial charge on any atom is -0.494 e. The smallest absolute Gasteiger partial charge is 0.251 e. The Balaban J connectivity index is 2.66. The molecule has 80 valence electrons. The zero-order valence-corrected chi connectivity index (χ0v) is 9.58. The fraction of sp³-hybridized carbons (Fsp3) is 0.300. The van der Waals surface area contributed by atoms with Gasteiger partial charge in [0.1, 0.15) is 0 Å². The number of benzene rings is 1. The van der Waals surface area contributed by atoms with Crippen LogP contribution < -0.4 is 10.1 Å². The van der Waals surface area contributed by atoms with Gasteiger partial charge in [0.05, 0.1) is 17.2 Å². The van der Waals surface area contributed by atoms with E-state index < -0.39 is 0 Å². The molecule has 0 unspecified atom stereocenters. The molecule has 5 heteroatoms. The van der Waals surface area contributed by atoms with Gasteiger partial charge in [-0.15, -0.1) is 0 Å². The zero-order chi connectivity index (χ0) is 11.0. The Morgan fingerprint density at radius 2 is 2.20 bits per heavy atom. The third-order valence-electron chi connectivity index (χ3n) is 2.39. The molecule has 0 aliphatic carbocycles. The fourth-order valence-electron chi connectivity index (χ4n) is 1.67. The quantitative estimate of drug-likeness (QED) is 0.825. The molecule has 0 radical (unpaired) electrons. The van der Waals surface area contributed by atoms with Crippen LogP contribution in [0.5, 0.6) is 5.75 Å². The number of halogens is 2. The summed E-state index contributed by atoms with van der Waals surface area (Å²) in [6.07, 6.45) is 0.702. The summed E-state index contributed by atoms with van der Waals surface area (Å²) in [7, 11) is 1.50. The highest BCUT2D eigenvalue weighted by Gasteiger charge is 2.23. The van der Waals surface area contributed by atoms with Crippen molar-refractivity contribution in [3.8, 4) is 5.75 Å². The van der Waals surface area contributed by atoms with E-state index in [1.165, 1.54) is 7.11 Å². The molecule has 1 amide bonds. The standard InChI is InChI=1S/C10H9Cl2NO2/c1-15-9-7(11)4-6-5(8(9)12)2-3-13-10(6)14/h4H,2-3H2,1H3,(H,13,14). The number of rotatable bonds is 1. The van der Waals surface area contributed by atoms with Gasteiger partial charge in [0.2, 0.25) is 0 Å². The normalized spacial score (nSPS) is 14.5. The largest absolute Gasteiger partial charge is 0.494 e. The van der Waals surface area contributed by atoms with Crippen LogP contribution in [-0.4, -0.2) is 19.6 Å². The summed E-state index contributed by atoms with van der Waals surface area (Å²) in [5, 5.41) is 3.53. The fourth-order valence-corrected chi connectivity index (χ4v) is 2.37. The summed E-state index contributed by atoms with van der Waals surface area (Å²) < 4.78 is 5.08. The maximum Gasteiger partial charge on any atom is 0.251 e. The summed E-state index contributed by atoms with van der Waals surface area (Å²) in [6.45, 7) is 0.594. The summed E-state index contributed by atoms with van der Waals surface area (Å²) in [4.78, 5) is 11.5. The van der Waals surface area contributed by atoms with Crippen LogP contribution in [0.15, 0.2) is 6.07 Å². The lowest BCUT2D eigenvalue weighted by molar-refractivity contribution is 0.0946. The SMILES string of the molecule is COc1c(Cl)cc2c(c1Cl)CCNC2=O. The molecule has 2 rings (SSSR count). The van der Waals surface area contributed by atoms with Gasteiger partial charge in [0.15, 0.2) is 5.75 Å². The van der Waals surface area contributed by atoms with Gasteiger partial charge in [-0.05, 0) is 18.1 Å². The molecule has 1 aromatic rings. The van der Waals surface area contributed by atoms with E-state index in [9.17, 15) is 4.79 Å². The van der Waals surface area contributed by atoms with Crippen LogP contribution in [0.2, 0.25) is 10.0 Å². The van der Waals surface area contributed by atoms with Gasteiger partial charge < -0.3 is 10.1 Å². The Hall–Kier alpha value is -0.930. The molecule has 0 spiro atoms. The van der Waals surface area contributed by atoms with Gasteiger partial charge in [-0.3, -0.25) is 4.79 Å². The van der Waals surface area contributed by atoms with Gasteiger partial charge in [-0.2, -0.15) is 0 Å². The van der Waals surface area contributed by atoms with Crippen molar-refractivity contribution in [3.05, 3.63) is 27.2 Å². The lowest BCUT2D eigenvalue weighted by Crippen LogP contribution is -2.32. The second-order valence-corrected chi connectivity index (χ2v) is 4.02. The van der Waals surface area contributed by atoms with E-state index in [4.69, 9.17) is 27.9 Å². The van der Waals surface area contributed by atoms with Crippen molar-refractivity contribution in [1.29, 1.82) is 0 Å². The molecule has 1 aliphatic heterocycles. The highest BCUT2D eigenvalue weighted by molar-refractivity contribution is 6.38. The minimum absolute atomic E-state index is 0.136. The highest BCUT2D eigenvalue weighted by atomic mass is 35.5. The first-order valence-electron chi connectivity index (χ1n) is 4.48. The van der Waals surface area contributed by atoms with Gasteiger partial charge in [0.25, 0.3) is 5.91 Å². The maximum atomic E-state index is 11.5. The van der Waals surface area contributed by atoms with Crippen molar-refractivity contribution < 1.29 is 9.53 Å². The third kappa shape index (κ3) is 1.66. The van der Waals surface area contributed by atoms with Crippen LogP contribution in [0.4, 0.5) is 0 Å². The van der Waals surface area contributed by atoms with Crippen molar-refractivity contribution >= 4 is 29.1 Å². The number of fused-ring (bicyclic) bond motifs is 1. The van der Waals surface area contributed by atoms with E-state index >= 15 is 0 Å². The average molecular weight is 246 g/mol. The molecule has 0 aromatic heterocycles. The molecule has 0 saturated heterocycles. The van der Waals surface area contributed by atoms with Gasteiger partial charge in [0, 0.05) is 12.1 Å². The van der Waals surface area contributed by atoms with Gasteiger partial charge in [-0.1, -0.05) is 23.2 Å². The number of carbonyl (C=O) groups excluding carboxylic acids is 1. The Labute approximate surface area is 97.3 Å². The van der Waals surface area contributed by atoms with E-state index in [-0.39, 0.29) is 5.91 Å². The predicted octanol–water partition coefficient (Wildman–Crippen LogP) is 2.29. The molecule has 1 aliphatic rings. The first-order chi connectivity index (χ1) is 7.15. The molecule has 1 heterocycles. The monoisotopic (exact) mass is 245 g/mol. The first-order valence-corrected chi connectivity index (χ1v) is 5.23. The van der Waals surface area contributed by atoms with Crippen LogP contribution in [0, 0.1) is 0 Å². The van der Waals surface area contributed by atoms with Crippen molar-refractivity contribution in [2.75, 3.05) is 13.7 Å². The molecule has 0 fully saturated rings. The summed E-state index contributed by atoms with van der Waals surface area (Å²) in [6, 6.07) is 1.59.